The second kappa shape index (κ2) is 9.37. The Morgan fingerprint density at radius 1 is 0.969 bits per heavy atom. The average molecular weight is 498 g/mol. The highest BCUT2D eigenvalue weighted by molar-refractivity contribution is 9.10. The Kier molecular flexibility index (Phi) is 5.99. The third kappa shape index (κ3) is 4.89. The summed E-state index contributed by atoms with van der Waals surface area (Å²) in [5, 5.41) is 7.51. The number of aromatic nitrogens is 3. The number of anilines is 4. The van der Waals surface area contributed by atoms with Crippen molar-refractivity contribution in [3.8, 4) is 11.5 Å². The van der Waals surface area contributed by atoms with Crippen LogP contribution >= 0.6 is 15.9 Å². The predicted octanol–water partition coefficient (Wildman–Crippen LogP) is 3.39. The van der Waals surface area contributed by atoms with Crippen LogP contribution in [0.3, 0.4) is 0 Å². The van der Waals surface area contributed by atoms with Crippen LogP contribution in [0.2, 0.25) is 0 Å². The summed E-state index contributed by atoms with van der Waals surface area (Å²) in [4.78, 5) is 15.6. The van der Waals surface area contributed by atoms with E-state index in [1.807, 2.05) is 42.5 Å². The molecule has 32 heavy (non-hydrogen) atoms. The molecule has 0 bridgehead atoms. The lowest BCUT2D eigenvalue weighted by Gasteiger charge is -2.27. The van der Waals surface area contributed by atoms with Crippen LogP contribution in [0.5, 0.6) is 11.5 Å². The maximum Gasteiger partial charge on any atom is 0.250 e. The number of fused-ring (bicyclic) bond motifs is 1. The fraction of sp³-hybridized carbons (Fsp3) is 0.238. The van der Waals surface area contributed by atoms with E-state index >= 15 is 0 Å². The molecule has 0 spiro atoms. The fourth-order valence-corrected chi connectivity index (χ4v) is 3.63. The molecule has 0 amide bonds. The molecule has 1 saturated heterocycles. The minimum absolute atomic E-state index is 0.233. The molecule has 11 heteroatoms. The van der Waals surface area contributed by atoms with Crippen molar-refractivity contribution in [2.45, 2.75) is 0 Å². The number of hydrogen-bond acceptors (Lipinski definition) is 10. The maximum atomic E-state index is 5.44. The minimum atomic E-state index is 0.233. The van der Waals surface area contributed by atoms with Gasteiger partial charge in [0.25, 0.3) is 0 Å². The number of morpholine rings is 1. The summed E-state index contributed by atoms with van der Waals surface area (Å²) >= 11 is 3.48. The molecule has 2 aliphatic heterocycles. The monoisotopic (exact) mass is 497 g/mol. The first-order chi connectivity index (χ1) is 15.7. The number of benzene rings is 2. The summed E-state index contributed by atoms with van der Waals surface area (Å²) < 4.78 is 17.1. The van der Waals surface area contributed by atoms with Crippen molar-refractivity contribution in [1.29, 1.82) is 0 Å². The van der Waals surface area contributed by atoms with Crippen molar-refractivity contribution in [3.63, 3.8) is 0 Å². The van der Waals surface area contributed by atoms with Gasteiger partial charge in [-0.2, -0.15) is 20.1 Å². The van der Waals surface area contributed by atoms with Crippen LogP contribution < -0.4 is 25.1 Å². The third-order valence-electron chi connectivity index (χ3n) is 4.77. The van der Waals surface area contributed by atoms with E-state index in [-0.39, 0.29) is 6.79 Å². The Balaban J connectivity index is 1.37. The molecule has 164 valence electrons. The number of nitrogens with one attached hydrogen (secondary N) is 2. The summed E-state index contributed by atoms with van der Waals surface area (Å²) in [6.45, 7) is 2.91. The minimum Gasteiger partial charge on any atom is -0.454 e. The summed E-state index contributed by atoms with van der Waals surface area (Å²) in [5.74, 6) is 2.73. The van der Waals surface area contributed by atoms with Gasteiger partial charge in [-0.15, -0.1) is 0 Å². The maximum absolute atomic E-state index is 5.44. The molecule has 2 aliphatic rings. The first-order valence-electron chi connectivity index (χ1n) is 10.0. The molecule has 0 aliphatic carbocycles. The second-order valence-corrected chi connectivity index (χ2v) is 7.92. The lowest BCUT2D eigenvalue weighted by atomic mass is 10.2. The zero-order valence-electron chi connectivity index (χ0n) is 17.0. The highest BCUT2D eigenvalue weighted by Crippen LogP contribution is 2.32. The number of hydrogen-bond donors (Lipinski definition) is 2. The predicted molar refractivity (Wildman–Crippen MR) is 124 cm³/mol. The van der Waals surface area contributed by atoms with E-state index in [0.717, 1.165) is 21.5 Å². The van der Waals surface area contributed by atoms with Crippen LogP contribution in [0.1, 0.15) is 5.56 Å². The number of rotatable bonds is 6. The molecule has 3 heterocycles. The van der Waals surface area contributed by atoms with E-state index in [0.29, 0.717) is 49.9 Å². The first kappa shape index (κ1) is 20.5. The van der Waals surface area contributed by atoms with Gasteiger partial charge in [-0.25, -0.2) is 5.43 Å². The number of halogens is 1. The molecule has 0 radical (unpaired) electrons. The van der Waals surface area contributed by atoms with Gasteiger partial charge in [0, 0.05) is 23.2 Å². The lowest BCUT2D eigenvalue weighted by molar-refractivity contribution is 0.122. The molecule has 1 aromatic heterocycles. The van der Waals surface area contributed by atoms with Crippen LogP contribution in [-0.2, 0) is 4.74 Å². The van der Waals surface area contributed by atoms with E-state index in [9.17, 15) is 0 Å². The van der Waals surface area contributed by atoms with Gasteiger partial charge in [-0.05, 0) is 42.0 Å². The Morgan fingerprint density at radius 2 is 1.81 bits per heavy atom. The summed E-state index contributed by atoms with van der Waals surface area (Å²) in [6, 6.07) is 13.4. The van der Waals surface area contributed by atoms with E-state index in [2.05, 4.69) is 51.6 Å². The van der Waals surface area contributed by atoms with Crippen LogP contribution in [0.15, 0.2) is 52.0 Å². The number of hydrazone groups is 1. The van der Waals surface area contributed by atoms with Crippen LogP contribution in [-0.4, -0.2) is 54.3 Å². The quantitative estimate of drug-likeness (QED) is 0.391. The van der Waals surface area contributed by atoms with Gasteiger partial charge in [0.1, 0.15) is 0 Å². The van der Waals surface area contributed by atoms with E-state index in [4.69, 9.17) is 14.2 Å². The molecule has 10 nitrogen and oxygen atoms in total. The Morgan fingerprint density at radius 3 is 2.69 bits per heavy atom. The first-order valence-corrected chi connectivity index (χ1v) is 10.8. The summed E-state index contributed by atoms with van der Waals surface area (Å²) in [7, 11) is 0. The lowest BCUT2D eigenvalue weighted by Crippen LogP contribution is -2.37. The van der Waals surface area contributed by atoms with Gasteiger partial charge in [0.2, 0.25) is 24.6 Å². The standard InChI is InChI=1S/C21H20BrN7O3/c22-15-2-1-3-16(11-15)24-19-25-20(27-21(26-19)29-6-8-30-9-7-29)28-23-12-14-4-5-17-18(10-14)32-13-31-17/h1-5,10-12H,6-9,13H2,(H2,24,25,26,27,28)/b23-12-. The van der Waals surface area contributed by atoms with E-state index < -0.39 is 0 Å². The van der Waals surface area contributed by atoms with Crippen molar-refractivity contribution in [3.05, 3.63) is 52.5 Å². The van der Waals surface area contributed by atoms with Crippen LogP contribution in [0, 0.1) is 0 Å². The smallest absolute Gasteiger partial charge is 0.250 e. The van der Waals surface area contributed by atoms with Gasteiger partial charge in [-0.1, -0.05) is 22.0 Å². The number of ether oxygens (including phenoxy) is 3. The highest BCUT2D eigenvalue weighted by atomic mass is 79.9. The molecule has 5 rings (SSSR count). The molecule has 0 saturated carbocycles. The molecular formula is C21H20BrN7O3. The largest absolute Gasteiger partial charge is 0.454 e. The highest BCUT2D eigenvalue weighted by Gasteiger charge is 2.17. The van der Waals surface area contributed by atoms with Gasteiger partial charge in [0.15, 0.2) is 11.5 Å². The van der Waals surface area contributed by atoms with Crippen molar-refractivity contribution in [2.75, 3.05) is 48.7 Å². The molecular weight excluding hydrogens is 478 g/mol. The molecule has 2 N–H and O–H groups in total. The zero-order valence-corrected chi connectivity index (χ0v) is 18.6. The Hall–Kier alpha value is -3.44. The van der Waals surface area contributed by atoms with Crippen LogP contribution in [0.25, 0.3) is 0 Å². The van der Waals surface area contributed by atoms with E-state index in [1.54, 1.807) is 6.21 Å². The fourth-order valence-electron chi connectivity index (χ4n) is 3.23. The normalized spacial score (nSPS) is 15.2. The third-order valence-corrected chi connectivity index (χ3v) is 5.27. The SMILES string of the molecule is Brc1cccc(Nc2nc(N/N=C\c3ccc4c(c3)OCO4)nc(N3CCOCC3)n2)c1. The van der Waals surface area contributed by atoms with E-state index in [1.165, 1.54) is 0 Å². The van der Waals surface area contributed by atoms with Crippen LogP contribution in [0.4, 0.5) is 23.5 Å². The molecule has 0 atom stereocenters. The Bertz CT molecular complexity index is 1140. The molecule has 3 aromatic rings. The molecule has 0 unspecified atom stereocenters. The Labute approximate surface area is 192 Å². The van der Waals surface area contributed by atoms with Crippen molar-refractivity contribution < 1.29 is 14.2 Å². The van der Waals surface area contributed by atoms with Gasteiger partial charge < -0.3 is 24.4 Å². The van der Waals surface area contributed by atoms with Gasteiger partial charge >= 0.3 is 0 Å². The van der Waals surface area contributed by atoms with Crippen molar-refractivity contribution >= 4 is 45.7 Å². The number of nitrogens with zero attached hydrogens (tertiary/aromatic N) is 5. The topological polar surface area (TPSA) is 106 Å². The second-order valence-electron chi connectivity index (χ2n) is 7.00. The molecule has 1 fully saturated rings. The average Bonchev–Trinajstić information content (AvgIpc) is 3.28. The zero-order chi connectivity index (χ0) is 21.8. The summed E-state index contributed by atoms with van der Waals surface area (Å²) in [6.07, 6.45) is 1.67. The van der Waals surface area contributed by atoms with Crippen molar-refractivity contribution in [1.82, 2.24) is 15.0 Å². The van der Waals surface area contributed by atoms with Crippen molar-refractivity contribution in [2.24, 2.45) is 5.10 Å². The van der Waals surface area contributed by atoms with Gasteiger partial charge in [-0.3, -0.25) is 0 Å². The van der Waals surface area contributed by atoms with Gasteiger partial charge in [0.05, 0.1) is 19.4 Å². The summed E-state index contributed by atoms with van der Waals surface area (Å²) in [5.41, 5.74) is 4.62. The molecule has 2 aromatic carbocycles.